The Balaban J connectivity index is 1.74. The molecule has 11 heteroatoms. The number of nitrogens with zero attached hydrogens (tertiary/aromatic N) is 7. The summed E-state index contributed by atoms with van der Waals surface area (Å²) in [5.74, 6) is 0.294. The van der Waals surface area contributed by atoms with Gasteiger partial charge in [0.2, 0.25) is 0 Å². The Bertz CT molecular complexity index is 1230. The van der Waals surface area contributed by atoms with Gasteiger partial charge in [0.05, 0.1) is 11.4 Å². The van der Waals surface area contributed by atoms with Gasteiger partial charge >= 0.3 is 0 Å². The number of nitrogens with two attached hydrogens (primary N) is 3. The number of benzene rings is 2. The van der Waals surface area contributed by atoms with Gasteiger partial charge in [-0.1, -0.05) is 29.8 Å². The van der Waals surface area contributed by atoms with Crippen LogP contribution in [-0.4, -0.2) is 14.6 Å². The minimum Gasteiger partial charge on any atom is -0.382 e. The molecule has 2 aromatic carbocycles. The lowest BCUT2D eigenvalue weighted by Crippen LogP contribution is -2.04. The largest absolute Gasteiger partial charge is 0.382 e. The van der Waals surface area contributed by atoms with E-state index in [4.69, 9.17) is 28.8 Å². The molecule has 2 heterocycles. The van der Waals surface area contributed by atoms with Gasteiger partial charge in [0.25, 0.3) is 0 Å². The SMILES string of the molecule is Nc1nc2c(N=Nc3ccc(Cl)cc3)c(N)nn2c(N)c1N=Nc1ccccc1. The first kappa shape index (κ1) is 18.3. The summed E-state index contributed by atoms with van der Waals surface area (Å²) in [6.07, 6.45) is 0. The first-order valence-corrected chi connectivity index (χ1v) is 8.78. The zero-order chi connectivity index (χ0) is 20.4. The lowest BCUT2D eigenvalue weighted by atomic mass is 10.3. The summed E-state index contributed by atoms with van der Waals surface area (Å²) < 4.78 is 1.31. The van der Waals surface area contributed by atoms with E-state index in [1.54, 1.807) is 36.4 Å². The summed E-state index contributed by atoms with van der Waals surface area (Å²) in [7, 11) is 0. The smallest absolute Gasteiger partial charge is 0.189 e. The number of hydrogen-bond donors (Lipinski definition) is 3. The van der Waals surface area contributed by atoms with Crippen molar-refractivity contribution in [2.75, 3.05) is 17.2 Å². The summed E-state index contributed by atoms with van der Waals surface area (Å²) in [6.45, 7) is 0. The highest BCUT2D eigenvalue weighted by Crippen LogP contribution is 2.36. The first-order chi connectivity index (χ1) is 14.0. The molecule has 6 N–H and O–H groups in total. The normalized spacial score (nSPS) is 11.8. The Morgan fingerprint density at radius 2 is 1.34 bits per heavy atom. The molecule has 0 aliphatic rings. The van der Waals surface area contributed by atoms with E-state index in [-0.39, 0.29) is 34.5 Å². The van der Waals surface area contributed by atoms with Crippen LogP contribution >= 0.6 is 11.6 Å². The van der Waals surface area contributed by atoms with E-state index in [9.17, 15) is 0 Å². The molecule has 0 fully saturated rings. The highest BCUT2D eigenvalue weighted by Gasteiger charge is 2.18. The molecule has 0 atom stereocenters. The second-order valence-electron chi connectivity index (χ2n) is 5.91. The monoisotopic (exact) mass is 406 g/mol. The zero-order valence-electron chi connectivity index (χ0n) is 14.9. The molecule has 0 radical (unpaired) electrons. The van der Waals surface area contributed by atoms with Crippen LogP contribution in [0.3, 0.4) is 0 Å². The van der Waals surface area contributed by atoms with E-state index in [2.05, 4.69) is 30.5 Å². The molecule has 0 aliphatic heterocycles. The summed E-state index contributed by atoms with van der Waals surface area (Å²) in [5, 5.41) is 21.3. The Kier molecular flexibility index (Phi) is 4.75. The summed E-state index contributed by atoms with van der Waals surface area (Å²) in [5.41, 5.74) is 20.1. The number of nitrogen functional groups attached to an aromatic ring is 3. The lowest BCUT2D eigenvalue weighted by molar-refractivity contribution is 0.955. The molecule has 0 bridgehead atoms. The number of halogens is 1. The van der Waals surface area contributed by atoms with Crippen molar-refractivity contribution < 1.29 is 0 Å². The number of hydrogen-bond acceptors (Lipinski definition) is 9. The molecule has 0 saturated heterocycles. The van der Waals surface area contributed by atoms with Crippen LogP contribution in [0.2, 0.25) is 5.02 Å². The van der Waals surface area contributed by atoms with Gasteiger partial charge in [-0.15, -0.1) is 15.3 Å². The fourth-order valence-corrected chi connectivity index (χ4v) is 2.63. The molecule has 4 aromatic rings. The second-order valence-corrected chi connectivity index (χ2v) is 6.35. The molecule has 0 saturated carbocycles. The summed E-state index contributed by atoms with van der Waals surface area (Å²) in [6, 6.07) is 16.0. The molecular weight excluding hydrogens is 392 g/mol. The fraction of sp³-hybridized carbons (Fsp3) is 0. The third kappa shape index (κ3) is 3.69. The van der Waals surface area contributed by atoms with Crippen molar-refractivity contribution in [1.29, 1.82) is 0 Å². The number of anilines is 3. The van der Waals surface area contributed by atoms with Gasteiger partial charge in [0, 0.05) is 5.02 Å². The van der Waals surface area contributed by atoms with E-state index in [1.165, 1.54) is 4.52 Å². The van der Waals surface area contributed by atoms with E-state index in [0.29, 0.717) is 16.4 Å². The Morgan fingerprint density at radius 3 is 2.03 bits per heavy atom. The standard InChI is InChI=1S/C18H15ClN10/c19-10-6-8-12(9-7-10)25-27-14-16(21)28-29-17(22)13(15(20)23-18(14)29)26-24-11-4-2-1-3-5-11/h1-9H,22H2,(H2,20,23)(H2,21,28). The van der Waals surface area contributed by atoms with Crippen LogP contribution in [0.1, 0.15) is 0 Å². The average molecular weight is 407 g/mol. The van der Waals surface area contributed by atoms with Crippen molar-refractivity contribution in [2.45, 2.75) is 0 Å². The minimum atomic E-state index is 0.0672. The predicted octanol–water partition coefficient (Wildman–Crippen LogP) is 4.96. The van der Waals surface area contributed by atoms with Crippen LogP contribution in [0.4, 0.5) is 40.2 Å². The topological polar surface area (TPSA) is 158 Å². The molecule has 0 spiro atoms. The van der Waals surface area contributed by atoms with Gasteiger partial charge < -0.3 is 17.2 Å². The van der Waals surface area contributed by atoms with Crippen molar-refractivity contribution in [1.82, 2.24) is 14.6 Å². The lowest BCUT2D eigenvalue weighted by Gasteiger charge is -2.05. The van der Waals surface area contributed by atoms with E-state index in [0.717, 1.165) is 0 Å². The molecule has 0 amide bonds. The van der Waals surface area contributed by atoms with Crippen molar-refractivity contribution in [3.63, 3.8) is 0 Å². The summed E-state index contributed by atoms with van der Waals surface area (Å²) >= 11 is 5.87. The summed E-state index contributed by atoms with van der Waals surface area (Å²) in [4.78, 5) is 4.29. The van der Waals surface area contributed by atoms with E-state index < -0.39 is 0 Å². The first-order valence-electron chi connectivity index (χ1n) is 8.40. The van der Waals surface area contributed by atoms with Gasteiger partial charge in [0.1, 0.15) is 0 Å². The fourth-order valence-electron chi connectivity index (χ4n) is 2.50. The van der Waals surface area contributed by atoms with Gasteiger partial charge in [-0.25, -0.2) is 4.98 Å². The molecule has 0 unspecified atom stereocenters. The predicted molar refractivity (Wildman–Crippen MR) is 112 cm³/mol. The number of fused-ring (bicyclic) bond motifs is 1. The number of aromatic nitrogens is 3. The maximum atomic E-state index is 6.17. The molecule has 0 aliphatic carbocycles. The molecule has 144 valence electrons. The van der Waals surface area contributed by atoms with Crippen molar-refractivity contribution in [2.24, 2.45) is 20.5 Å². The van der Waals surface area contributed by atoms with Crippen molar-refractivity contribution in [3.05, 3.63) is 59.6 Å². The maximum Gasteiger partial charge on any atom is 0.189 e. The highest BCUT2D eigenvalue weighted by molar-refractivity contribution is 6.30. The van der Waals surface area contributed by atoms with E-state index >= 15 is 0 Å². The van der Waals surface area contributed by atoms with Gasteiger partial charge in [0.15, 0.2) is 34.5 Å². The quantitative estimate of drug-likeness (QED) is 0.408. The average Bonchev–Trinajstić information content (AvgIpc) is 3.03. The number of azo groups is 2. The maximum absolute atomic E-state index is 6.17. The molecular formula is C18H15ClN10. The van der Waals surface area contributed by atoms with E-state index in [1.807, 2.05) is 18.2 Å². The zero-order valence-corrected chi connectivity index (χ0v) is 15.7. The molecule has 10 nitrogen and oxygen atoms in total. The second kappa shape index (κ2) is 7.52. The Morgan fingerprint density at radius 1 is 0.724 bits per heavy atom. The van der Waals surface area contributed by atoms with Crippen molar-refractivity contribution >= 4 is 57.5 Å². The number of rotatable bonds is 4. The Hall–Kier alpha value is -4.05. The highest BCUT2D eigenvalue weighted by atomic mass is 35.5. The van der Waals surface area contributed by atoms with Gasteiger partial charge in [-0.05, 0) is 36.4 Å². The van der Waals surface area contributed by atoms with Crippen LogP contribution in [0.5, 0.6) is 0 Å². The van der Waals surface area contributed by atoms with Crippen LogP contribution in [-0.2, 0) is 0 Å². The van der Waals surface area contributed by atoms with Crippen molar-refractivity contribution in [3.8, 4) is 0 Å². The van der Waals surface area contributed by atoms with Crippen LogP contribution in [0.15, 0.2) is 75.1 Å². The third-order valence-electron chi connectivity index (χ3n) is 3.92. The van der Waals surface area contributed by atoms with Crippen LogP contribution in [0, 0.1) is 0 Å². The molecule has 2 aromatic heterocycles. The van der Waals surface area contributed by atoms with Gasteiger partial charge in [-0.2, -0.15) is 14.7 Å². The third-order valence-corrected chi connectivity index (χ3v) is 4.17. The Labute approximate surface area is 169 Å². The molecule has 29 heavy (non-hydrogen) atoms. The van der Waals surface area contributed by atoms with Gasteiger partial charge in [-0.3, -0.25) is 0 Å². The van der Waals surface area contributed by atoms with Crippen LogP contribution < -0.4 is 17.2 Å². The van der Waals surface area contributed by atoms with Crippen LogP contribution in [0.25, 0.3) is 5.65 Å². The minimum absolute atomic E-state index is 0.0672. The molecule has 4 rings (SSSR count).